The van der Waals surface area contributed by atoms with E-state index in [1.807, 2.05) is 11.4 Å². The van der Waals surface area contributed by atoms with Crippen LogP contribution in [0.25, 0.3) is 22.3 Å². The van der Waals surface area contributed by atoms with Gasteiger partial charge in [0.05, 0.1) is 18.3 Å². The van der Waals surface area contributed by atoms with Gasteiger partial charge in [0, 0.05) is 28.9 Å². The van der Waals surface area contributed by atoms with E-state index < -0.39 is 12.6 Å². The molecule has 26 heavy (non-hydrogen) atoms. The fourth-order valence-electron chi connectivity index (χ4n) is 2.42. The van der Waals surface area contributed by atoms with Crippen molar-refractivity contribution in [1.29, 1.82) is 0 Å². The second-order valence-corrected chi connectivity index (χ2v) is 6.77. The Balaban J connectivity index is 2.00. The predicted octanol–water partition coefficient (Wildman–Crippen LogP) is 3.65. The number of ether oxygens (including phenoxy) is 2. The van der Waals surface area contributed by atoms with E-state index in [1.165, 1.54) is 11.3 Å². The van der Waals surface area contributed by atoms with Crippen LogP contribution < -0.4 is 14.8 Å². The maximum absolute atomic E-state index is 10.7. The van der Waals surface area contributed by atoms with Crippen LogP contribution in [0.4, 0.5) is 5.13 Å². The molecule has 0 radical (unpaired) electrons. The number of hydrogen-bond donors (Lipinski definition) is 2. The second-order valence-electron chi connectivity index (χ2n) is 5.91. The molecule has 0 aliphatic carbocycles. The smallest absolute Gasteiger partial charge is 0.341 e. The van der Waals surface area contributed by atoms with E-state index in [0.717, 1.165) is 16.2 Å². The maximum Gasteiger partial charge on any atom is 0.341 e. The molecule has 0 saturated carbocycles. The molecular formula is C18H19N3O4S. The lowest BCUT2D eigenvalue weighted by molar-refractivity contribution is -0.139. The zero-order chi connectivity index (χ0) is 18.7. The molecular weight excluding hydrogens is 354 g/mol. The Hall–Kier alpha value is -2.87. The summed E-state index contributed by atoms with van der Waals surface area (Å²) in [6.07, 6.45) is 0. The van der Waals surface area contributed by atoms with Crippen LogP contribution in [-0.2, 0) is 4.79 Å². The Morgan fingerprint density at radius 1 is 1.27 bits per heavy atom. The first-order valence-corrected chi connectivity index (χ1v) is 8.90. The molecule has 0 fully saturated rings. The fourth-order valence-corrected chi connectivity index (χ4v) is 3.27. The lowest BCUT2D eigenvalue weighted by Crippen LogP contribution is -2.09. The summed E-state index contributed by atoms with van der Waals surface area (Å²) in [5.41, 5.74) is 2.07. The van der Waals surface area contributed by atoms with Gasteiger partial charge in [-0.2, -0.15) is 0 Å². The Kier molecular flexibility index (Phi) is 5.22. The highest BCUT2D eigenvalue weighted by Crippen LogP contribution is 2.33. The van der Waals surface area contributed by atoms with Crippen LogP contribution in [0.15, 0.2) is 29.6 Å². The summed E-state index contributed by atoms with van der Waals surface area (Å²) in [5, 5.41) is 15.6. The average molecular weight is 373 g/mol. The molecule has 2 N–H and O–H groups in total. The van der Waals surface area contributed by atoms with Gasteiger partial charge < -0.3 is 19.9 Å². The lowest BCUT2D eigenvalue weighted by Gasteiger charge is -2.09. The van der Waals surface area contributed by atoms with Gasteiger partial charge in [0.1, 0.15) is 17.2 Å². The first-order valence-electron chi connectivity index (χ1n) is 8.02. The lowest BCUT2D eigenvalue weighted by atomic mass is 10.1. The number of rotatable bonds is 7. The molecule has 0 amide bonds. The quantitative estimate of drug-likeness (QED) is 0.653. The van der Waals surface area contributed by atoms with E-state index in [4.69, 9.17) is 14.6 Å². The Bertz CT molecular complexity index is 939. The van der Waals surface area contributed by atoms with Crippen molar-refractivity contribution in [1.82, 2.24) is 9.97 Å². The number of aliphatic carboxylic acids is 1. The third kappa shape index (κ3) is 4.02. The zero-order valence-corrected chi connectivity index (χ0v) is 15.5. The number of carboxylic acids is 1. The van der Waals surface area contributed by atoms with Gasteiger partial charge in [-0.05, 0) is 26.0 Å². The molecule has 3 aromatic rings. The van der Waals surface area contributed by atoms with Crippen LogP contribution in [-0.4, -0.2) is 40.8 Å². The van der Waals surface area contributed by atoms with E-state index in [-0.39, 0.29) is 0 Å². The van der Waals surface area contributed by atoms with Crippen molar-refractivity contribution in [2.75, 3.05) is 19.0 Å². The zero-order valence-electron chi connectivity index (χ0n) is 14.6. The molecule has 2 heterocycles. The number of carboxylic acid groups (broad SMARTS) is 1. The van der Waals surface area contributed by atoms with Crippen molar-refractivity contribution in [3.8, 4) is 22.9 Å². The summed E-state index contributed by atoms with van der Waals surface area (Å²) in [4.78, 5) is 19.9. The largest absolute Gasteiger partial charge is 0.496 e. The fraction of sp³-hybridized carbons (Fsp3) is 0.278. The Morgan fingerprint density at radius 2 is 2.08 bits per heavy atom. The van der Waals surface area contributed by atoms with Gasteiger partial charge in [-0.15, -0.1) is 11.3 Å². The second kappa shape index (κ2) is 7.57. The van der Waals surface area contributed by atoms with Gasteiger partial charge in [0.25, 0.3) is 0 Å². The minimum atomic E-state index is -1.03. The number of anilines is 1. The highest BCUT2D eigenvalue weighted by atomic mass is 32.1. The monoisotopic (exact) mass is 373 g/mol. The number of hydrogen-bond acceptors (Lipinski definition) is 7. The summed E-state index contributed by atoms with van der Waals surface area (Å²) in [6, 6.07) is 7.33. The molecule has 0 atom stereocenters. The number of methoxy groups -OCH3 is 1. The number of aromatic nitrogens is 2. The van der Waals surface area contributed by atoms with Crippen molar-refractivity contribution >= 4 is 33.3 Å². The van der Waals surface area contributed by atoms with Gasteiger partial charge in [0.15, 0.2) is 11.7 Å². The topological polar surface area (TPSA) is 93.6 Å². The van der Waals surface area contributed by atoms with E-state index in [9.17, 15) is 4.79 Å². The van der Waals surface area contributed by atoms with Crippen LogP contribution in [0, 0.1) is 0 Å². The van der Waals surface area contributed by atoms with Crippen molar-refractivity contribution < 1.29 is 19.4 Å². The highest BCUT2D eigenvalue weighted by molar-refractivity contribution is 7.14. The molecule has 0 spiro atoms. The number of fused-ring (bicyclic) bond motifs is 1. The first-order chi connectivity index (χ1) is 12.5. The third-order valence-electron chi connectivity index (χ3n) is 3.50. The van der Waals surface area contributed by atoms with E-state index in [2.05, 4.69) is 29.1 Å². The van der Waals surface area contributed by atoms with Gasteiger partial charge in [-0.1, -0.05) is 0 Å². The summed E-state index contributed by atoms with van der Waals surface area (Å²) in [6.45, 7) is 3.70. The minimum Gasteiger partial charge on any atom is -0.496 e. The molecule has 0 aliphatic rings. The number of nitrogens with one attached hydrogen (secondary N) is 1. The molecule has 0 saturated heterocycles. The van der Waals surface area contributed by atoms with E-state index in [0.29, 0.717) is 28.8 Å². The molecule has 3 rings (SSSR count). The number of nitrogens with zero attached hydrogens (tertiary/aromatic N) is 2. The first kappa shape index (κ1) is 17.9. The molecule has 0 bridgehead atoms. The van der Waals surface area contributed by atoms with E-state index in [1.54, 1.807) is 25.3 Å². The van der Waals surface area contributed by atoms with Crippen LogP contribution in [0.3, 0.4) is 0 Å². The Labute approximate surface area is 154 Å². The molecule has 2 aromatic heterocycles. The number of thiazole rings is 1. The van der Waals surface area contributed by atoms with Crippen LogP contribution >= 0.6 is 11.3 Å². The minimum absolute atomic E-state index is 0.294. The van der Waals surface area contributed by atoms with Crippen LogP contribution in [0.5, 0.6) is 11.5 Å². The molecule has 7 nitrogen and oxygen atoms in total. The van der Waals surface area contributed by atoms with Crippen molar-refractivity contribution in [3.05, 3.63) is 29.6 Å². The molecule has 0 unspecified atom stereocenters. The highest BCUT2D eigenvalue weighted by Gasteiger charge is 2.12. The molecule has 8 heteroatoms. The van der Waals surface area contributed by atoms with Gasteiger partial charge in [-0.3, -0.25) is 0 Å². The summed E-state index contributed by atoms with van der Waals surface area (Å²) in [7, 11) is 1.60. The predicted molar refractivity (Wildman–Crippen MR) is 101 cm³/mol. The van der Waals surface area contributed by atoms with Gasteiger partial charge >= 0.3 is 5.97 Å². The summed E-state index contributed by atoms with van der Waals surface area (Å²) >= 11 is 1.51. The standard InChI is InChI=1S/C18H19N3O4S/c1-10(2)19-18-21-15(9-26-18)14-7-16(24-3)12-5-4-11(6-13(12)20-14)25-8-17(22)23/h4-7,9-10H,8H2,1-3H3,(H,19,21)(H,22,23). The number of pyridine rings is 1. The SMILES string of the molecule is COc1cc(-c2csc(NC(C)C)n2)nc2cc(OCC(=O)O)ccc12. The molecule has 0 aliphatic heterocycles. The van der Waals surface area contributed by atoms with Crippen molar-refractivity contribution in [2.24, 2.45) is 0 Å². The van der Waals surface area contributed by atoms with Gasteiger partial charge in [0.2, 0.25) is 0 Å². The molecule has 136 valence electrons. The van der Waals surface area contributed by atoms with Crippen LogP contribution in [0.1, 0.15) is 13.8 Å². The van der Waals surface area contributed by atoms with Crippen LogP contribution in [0.2, 0.25) is 0 Å². The number of carbonyl (C=O) groups is 1. The van der Waals surface area contributed by atoms with Gasteiger partial charge in [-0.25, -0.2) is 14.8 Å². The Morgan fingerprint density at radius 3 is 2.77 bits per heavy atom. The molecule has 1 aromatic carbocycles. The summed E-state index contributed by atoms with van der Waals surface area (Å²) in [5.74, 6) is 0.0743. The third-order valence-corrected chi connectivity index (χ3v) is 4.28. The summed E-state index contributed by atoms with van der Waals surface area (Å²) < 4.78 is 10.7. The van der Waals surface area contributed by atoms with Crippen molar-refractivity contribution in [2.45, 2.75) is 19.9 Å². The van der Waals surface area contributed by atoms with Crippen molar-refractivity contribution in [3.63, 3.8) is 0 Å². The van der Waals surface area contributed by atoms with E-state index >= 15 is 0 Å². The number of benzene rings is 1. The average Bonchev–Trinajstić information content (AvgIpc) is 3.06. The maximum atomic E-state index is 10.7. The normalized spacial score (nSPS) is 10.9.